The van der Waals surface area contributed by atoms with Crippen LogP contribution in [0.3, 0.4) is 0 Å². The summed E-state index contributed by atoms with van der Waals surface area (Å²) in [7, 11) is 0. The van der Waals surface area contributed by atoms with Crippen LogP contribution in [0.1, 0.15) is 65.2 Å². The van der Waals surface area contributed by atoms with Crippen molar-refractivity contribution >= 4 is 34.4 Å². The summed E-state index contributed by atoms with van der Waals surface area (Å²) in [6.07, 6.45) is 6.58. The van der Waals surface area contributed by atoms with Gasteiger partial charge in [0.25, 0.3) is 5.91 Å². The Balaban J connectivity index is 1.27. The predicted molar refractivity (Wildman–Crippen MR) is 164 cm³/mol. The molecule has 1 aliphatic heterocycles. The highest BCUT2D eigenvalue weighted by Crippen LogP contribution is 2.27. The molecule has 1 atom stereocenters. The Morgan fingerprint density at radius 1 is 1.17 bits per heavy atom. The number of anilines is 2. The van der Waals surface area contributed by atoms with Gasteiger partial charge in [0, 0.05) is 36.6 Å². The molecule has 3 heterocycles. The molecule has 4 aromatic rings. The maximum absolute atomic E-state index is 13.1. The standard InChI is InChI=1S/C33H38N6O2/c1-5-29(40)39-17-7-10-27(20-39)35-32-30-24(15-16-34-31(30)37-38-32)12-11-23-8-6-9-25(19-23)33(41)36-26-13-14-28(21(2)3)22(4)18-26/h5-6,8-9,13-16,18-19,21,27H,1,7,10-12,17,20H2,2-4H3,(H,36,41)(H2,34,35,37,38)/t27-/m1/s1. The van der Waals surface area contributed by atoms with E-state index in [9.17, 15) is 9.59 Å². The van der Waals surface area contributed by atoms with Crippen molar-refractivity contribution in [2.75, 3.05) is 23.7 Å². The molecule has 212 valence electrons. The molecule has 0 bridgehead atoms. The van der Waals surface area contributed by atoms with E-state index in [1.807, 2.05) is 41.3 Å². The quantitative estimate of drug-likeness (QED) is 0.221. The van der Waals surface area contributed by atoms with Gasteiger partial charge in [0.15, 0.2) is 11.5 Å². The van der Waals surface area contributed by atoms with Crippen LogP contribution in [0.2, 0.25) is 0 Å². The minimum atomic E-state index is -0.118. The molecule has 3 N–H and O–H groups in total. The first-order valence-corrected chi connectivity index (χ1v) is 14.3. The highest BCUT2D eigenvalue weighted by Gasteiger charge is 2.24. The first-order chi connectivity index (χ1) is 19.8. The molecule has 41 heavy (non-hydrogen) atoms. The summed E-state index contributed by atoms with van der Waals surface area (Å²) >= 11 is 0. The summed E-state index contributed by atoms with van der Waals surface area (Å²) in [5, 5.41) is 15.1. The van der Waals surface area contributed by atoms with Gasteiger partial charge in [-0.25, -0.2) is 4.98 Å². The van der Waals surface area contributed by atoms with Gasteiger partial charge in [-0.1, -0.05) is 38.6 Å². The van der Waals surface area contributed by atoms with Gasteiger partial charge in [0.05, 0.1) is 5.39 Å². The van der Waals surface area contributed by atoms with Crippen LogP contribution in [0.15, 0.2) is 67.4 Å². The molecule has 0 aliphatic carbocycles. The van der Waals surface area contributed by atoms with Crippen molar-refractivity contribution in [2.45, 2.75) is 58.4 Å². The second-order valence-corrected chi connectivity index (χ2v) is 11.1. The topological polar surface area (TPSA) is 103 Å². The SMILES string of the molecule is C=CC(=O)N1CCC[C@@H](Nc2n[nH]c3nccc(CCc4cccc(C(=O)Nc5ccc(C(C)C)c(C)c5)c4)c23)C1. The normalized spacial score (nSPS) is 15.2. The van der Waals surface area contributed by atoms with Crippen molar-refractivity contribution in [3.05, 3.63) is 95.2 Å². The molecule has 0 saturated carbocycles. The van der Waals surface area contributed by atoms with Crippen molar-refractivity contribution in [3.63, 3.8) is 0 Å². The van der Waals surface area contributed by atoms with E-state index in [2.05, 4.69) is 65.3 Å². The smallest absolute Gasteiger partial charge is 0.255 e. The molecule has 2 aromatic heterocycles. The number of pyridine rings is 1. The molecule has 8 heteroatoms. The number of nitrogens with zero attached hydrogens (tertiary/aromatic N) is 3. The number of aromatic nitrogens is 3. The number of amides is 2. The third-order valence-electron chi connectivity index (χ3n) is 7.82. The van der Waals surface area contributed by atoms with E-state index in [1.54, 1.807) is 6.20 Å². The zero-order valence-electron chi connectivity index (χ0n) is 24.0. The molecule has 1 saturated heterocycles. The lowest BCUT2D eigenvalue weighted by Crippen LogP contribution is -2.44. The van der Waals surface area contributed by atoms with Gasteiger partial charge in [-0.3, -0.25) is 14.7 Å². The number of aryl methyl sites for hydroxylation is 3. The zero-order valence-corrected chi connectivity index (χ0v) is 24.0. The molecular weight excluding hydrogens is 512 g/mol. The summed E-state index contributed by atoms with van der Waals surface area (Å²) in [6.45, 7) is 11.4. The van der Waals surface area contributed by atoms with Crippen molar-refractivity contribution in [1.82, 2.24) is 20.1 Å². The van der Waals surface area contributed by atoms with Gasteiger partial charge in [0.2, 0.25) is 5.91 Å². The van der Waals surface area contributed by atoms with Crippen LogP contribution in [-0.4, -0.2) is 51.0 Å². The highest BCUT2D eigenvalue weighted by atomic mass is 16.2. The zero-order chi connectivity index (χ0) is 28.9. The number of carbonyl (C=O) groups is 2. The Kier molecular flexibility index (Phi) is 8.47. The van der Waals surface area contributed by atoms with Crippen molar-refractivity contribution in [2.24, 2.45) is 0 Å². The summed E-state index contributed by atoms with van der Waals surface area (Å²) in [5.41, 5.74) is 6.83. The van der Waals surface area contributed by atoms with E-state index < -0.39 is 0 Å². The second-order valence-electron chi connectivity index (χ2n) is 11.1. The van der Waals surface area contributed by atoms with Gasteiger partial charge in [0.1, 0.15) is 0 Å². The number of nitrogens with one attached hydrogen (secondary N) is 3. The average Bonchev–Trinajstić information content (AvgIpc) is 3.39. The van der Waals surface area contributed by atoms with Gasteiger partial charge in [-0.2, -0.15) is 5.10 Å². The van der Waals surface area contributed by atoms with Crippen molar-refractivity contribution < 1.29 is 9.59 Å². The maximum Gasteiger partial charge on any atom is 0.255 e. The van der Waals surface area contributed by atoms with Crippen LogP contribution < -0.4 is 10.6 Å². The monoisotopic (exact) mass is 550 g/mol. The van der Waals surface area contributed by atoms with E-state index in [0.717, 1.165) is 65.9 Å². The van der Waals surface area contributed by atoms with Crippen LogP contribution in [0, 0.1) is 6.92 Å². The van der Waals surface area contributed by atoms with Crippen LogP contribution >= 0.6 is 0 Å². The number of H-pyrrole nitrogens is 1. The maximum atomic E-state index is 13.1. The number of carbonyl (C=O) groups excluding carboxylic acids is 2. The highest BCUT2D eigenvalue weighted by molar-refractivity contribution is 6.04. The lowest BCUT2D eigenvalue weighted by Gasteiger charge is -2.32. The molecular formula is C33H38N6O2. The van der Waals surface area contributed by atoms with Gasteiger partial charge < -0.3 is 15.5 Å². The van der Waals surface area contributed by atoms with E-state index in [0.29, 0.717) is 18.0 Å². The van der Waals surface area contributed by atoms with Gasteiger partial charge in [-0.05, 0) is 97.2 Å². The molecule has 0 unspecified atom stereocenters. The minimum absolute atomic E-state index is 0.0409. The van der Waals surface area contributed by atoms with Crippen LogP contribution in [0.25, 0.3) is 11.0 Å². The molecule has 0 spiro atoms. The first-order valence-electron chi connectivity index (χ1n) is 14.3. The predicted octanol–water partition coefficient (Wildman–Crippen LogP) is 6.02. The third kappa shape index (κ3) is 6.48. The fourth-order valence-electron chi connectivity index (χ4n) is 5.70. The number of piperidine rings is 1. The molecule has 2 aromatic carbocycles. The van der Waals surface area contributed by atoms with E-state index in [-0.39, 0.29) is 17.9 Å². The Bertz CT molecular complexity index is 1570. The number of hydrogen-bond donors (Lipinski definition) is 3. The van der Waals surface area contributed by atoms with Crippen LogP contribution in [0.4, 0.5) is 11.5 Å². The second kappa shape index (κ2) is 12.4. The molecule has 2 amide bonds. The molecule has 5 rings (SSSR count). The first kappa shape index (κ1) is 28.1. The van der Waals surface area contributed by atoms with Crippen LogP contribution in [-0.2, 0) is 17.6 Å². The lowest BCUT2D eigenvalue weighted by atomic mass is 9.97. The number of aromatic amines is 1. The van der Waals surface area contributed by atoms with Crippen molar-refractivity contribution in [3.8, 4) is 0 Å². The number of fused-ring (bicyclic) bond motifs is 1. The summed E-state index contributed by atoms with van der Waals surface area (Å²) in [4.78, 5) is 31.5. The summed E-state index contributed by atoms with van der Waals surface area (Å²) in [5.74, 6) is 1.04. The van der Waals surface area contributed by atoms with Gasteiger partial charge in [-0.15, -0.1) is 0 Å². The Morgan fingerprint density at radius 2 is 2.02 bits per heavy atom. The molecule has 1 aliphatic rings. The molecule has 1 fully saturated rings. The number of rotatable bonds is 9. The van der Waals surface area contributed by atoms with Crippen LogP contribution in [0.5, 0.6) is 0 Å². The van der Waals surface area contributed by atoms with E-state index in [1.165, 1.54) is 17.2 Å². The Hall–Kier alpha value is -4.46. The lowest BCUT2D eigenvalue weighted by molar-refractivity contribution is -0.127. The number of benzene rings is 2. The Labute approximate surface area is 241 Å². The Morgan fingerprint density at radius 3 is 2.80 bits per heavy atom. The molecule has 0 radical (unpaired) electrons. The summed E-state index contributed by atoms with van der Waals surface area (Å²) in [6, 6.07) is 16.0. The summed E-state index contributed by atoms with van der Waals surface area (Å²) < 4.78 is 0. The number of hydrogen-bond acceptors (Lipinski definition) is 5. The van der Waals surface area contributed by atoms with Gasteiger partial charge >= 0.3 is 0 Å². The minimum Gasteiger partial charge on any atom is -0.364 e. The van der Waals surface area contributed by atoms with E-state index in [4.69, 9.17) is 0 Å². The third-order valence-corrected chi connectivity index (χ3v) is 7.82. The molecule has 8 nitrogen and oxygen atoms in total. The fraction of sp³-hybridized carbons (Fsp3) is 0.333. The largest absolute Gasteiger partial charge is 0.364 e. The fourth-order valence-corrected chi connectivity index (χ4v) is 5.70. The number of likely N-dealkylation sites (tertiary alicyclic amines) is 1. The average molecular weight is 551 g/mol. The van der Waals surface area contributed by atoms with Crippen molar-refractivity contribution in [1.29, 1.82) is 0 Å². The van der Waals surface area contributed by atoms with E-state index >= 15 is 0 Å².